The number of para-hydroxylation sites is 1. The van der Waals surface area contributed by atoms with Crippen LogP contribution in [-0.4, -0.2) is 23.3 Å². The van der Waals surface area contributed by atoms with Crippen molar-refractivity contribution in [3.05, 3.63) is 65.3 Å². The van der Waals surface area contributed by atoms with Gasteiger partial charge in [0.15, 0.2) is 6.61 Å². The van der Waals surface area contributed by atoms with Crippen LogP contribution >= 0.6 is 0 Å². The van der Waals surface area contributed by atoms with E-state index >= 15 is 0 Å². The zero-order valence-electron chi connectivity index (χ0n) is 13.5. The molecule has 0 aliphatic rings. The summed E-state index contributed by atoms with van der Waals surface area (Å²) in [6.07, 6.45) is 2.75. The van der Waals surface area contributed by atoms with Gasteiger partial charge in [0.25, 0.3) is 0 Å². The first-order valence-electron chi connectivity index (χ1n) is 7.56. The van der Waals surface area contributed by atoms with Crippen LogP contribution in [0.2, 0.25) is 0 Å². The van der Waals surface area contributed by atoms with Gasteiger partial charge in [0.05, 0.1) is 0 Å². The fourth-order valence-electron chi connectivity index (χ4n) is 2.59. The molecule has 0 saturated heterocycles. The number of ketones is 1. The minimum atomic E-state index is -0.588. The predicted octanol–water partition coefficient (Wildman–Crippen LogP) is 3.82. The van der Waals surface area contributed by atoms with Gasteiger partial charge in [-0.25, -0.2) is 4.79 Å². The number of furan rings is 1. The minimum absolute atomic E-state index is 0.236. The van der Waals surface area contributed by atoms with Crippen molar-refractivity contribution in [1.82, 2.24) is 4.98 Å². The summed E-state index contributed by atoms with van der Waals surface area (Å²) in [5.41, 5.74) is 2.21. The zero-order valence-corrected chi connectivity index (χ0v) is 13.5. The van der Waals surface area contributed by atoms with Gasteiger partial charge >= 0.3 is 5.97 Å². The van der Waals surface area contributed by atoms with Crippen molar-refractivity contribution in [3.8, 4) is 0 Å². The Hall–Kier alpha value is -3.08. The number of benzene rings is 1. The molecule has 3 aromatic rings. The number of hydrogen-bond acceptors (Lipinski definition) is 4. The number of aromatic amines is 1. The number of hydrogen-bond donors (Lipinski definition) is 1. The van der Waals surface area contributed by atoms with Crippen molar-refractivity contribution in [1.29, 1.82) is 0 Å². The Labute approximate surface area is 138 Å². The van der Waals surface area contributed by atoms with Crippen molar-refractivity contribution >= 4 is 28.7 Å². The average molecular weight is 323 g/mol. The monoisotopic (exact) mass is 323 g/mol. The molecule has 0 aliphatic carbocycles. The van der Waals surface area contributed by atoms with Gasteiger partial charge in [-0.1, -0.05) is 18.2 Å². The minimum Gasteiger partial charge on any atom is -0.462 e. The van der Waals surface area contributed by atoms with Crippen molar-refractivity contribution < 1.29 is 18.7 Å². The molecule has 0 amide bonds. The molecular weight excluding hydrogens is 306 g/mol. The average Bonchev–Trinajstić information content (AvgIpc) is 3.12. The normalized spacial score (nSPS) is 11.2. The molecule has 0 atom stereocenters. The topological polar surface area (TPSA) is 72.3 Å². The van der Waals surface area contributed by atoms with Gasteiger partial charge in [-0.15, -0.1) is 0 Å². The lowest BCUT2D eigenvalue weighted by atomic mass is 10.1. The smallest absolute Gasteiger partial charge is 0.331 e. The van der Waals surface area contributed by atoms with E-state index in [1.54, 1.807) is 12.1 Å². The molecule has 0 radical (unpaired) electrons. The Morgan fingerprint density at radius 1 is 1.17 bits per heavy atom. The maximum atomic E-state index is 12.4. The third kappa shape index (κ3) is 3.30. The SMILES string of the molecule is Cc1ccc(/C=C/C(=O)OCC(=O)c2c(C)[nH]c3ccccc23)o1. The lowest BCUT2D eigenvalue weighted by Crippen LogP contribution is -2.13. The molecular formula is C19H17NO4. The lowest BCUT2D eigenvalue weighted by Gasteiger charge is -2.02. The van der Waals surface area contributed by atoms with Gasteiger partial charge in [0, 0.05) is 28.2 Å². The highest BCUT2D eigenvalue weighted by molar-refractivity contribution is 6.10. The fourth-order valence-corrected chi connectivity index (χ4v) is 2.59. The number of rotatable bonds is 5. The van der Waals surface area contributed by atoms with Crippen LogP contribution in [-0.2, 0) is 9.53 Å². The van der Waals surface area contributed by atoms with Crippen LogP contribution in [0, 0.1) is 13.8 Å². The molecule has 0 saturated carbocycles. The molecule has 0 spiro atoms. The molecule has 0 unspecified atom stereocenters. The van der Waals surface area contributed by atoms with E-state index in [9.17, 15) is 9.59 Å². The first-order valence-corrected chi connectivity index (χ1v) is 7.56. The molecule has 2 heterocycles. The summed E-state index contributed by atoms with van der Waals surface area (Å²) in [6.45, 7) is 3.34. The van der Waals surface area contributed by atoms with E-state index in [1.165, 1.54) is 12.2 Å². The second-order valence-electron chi connectivity index (χ2n) is 5.48. The third-order valence-corrected chi connectivity index (χ3v) is 3.66. The summed E-state index contributed by atoms with van der Waals surface area (Å²) in [7, 11) is 0. The number of esters is 1. The first-order chi connectivity index (χ1) is 11.5. The number of H-pyrrole nitrogens is 1. The molecule has 0 bridgehead atoms. The van der Waals surface area contributed by atoms with Crippen molar-refractivity contribution in [2.45, 2.75) is 13.8 Å². The highest BCUT2D eigenvalue weighted by atomic mass is 16.5. The Balaban J connectivity index is 1.65. The molecule has 1 N–H and O–H groups in total. The number of ether oxygens (including phenoxy) is 1. The number of carbonyl (C=O) groups is 2. The van der Waals surface area contributed by atoms with E-state index in [0.717, 1.165) is 22.4 Å². The van der Waals surface area contributed by atoms with Gasteiger partial charge in [-0.2, -0.15) is 0 Å². The van der Waals surface area contributed by atoms with Gasteiger partial charge in [-0.05, 0) is 38.1 Å². The Morgan fingerprint density at radius 3 is 2.71 bits per heavy atom. The maximum absolute atomic E-state index is 12.4. The van der Waals surface area contributed by atoms with Gasteiger partial charge in [-0.3, -0.25) is 4.79 Å². The highest BCUT2D eigenvalue weighted by Gasteiger charge is 2.16. The van der Waals surface area contributed by atoms with Crippen molar-refractivity contribution in [2.24, 2.45) is 0 Å². The largest absolute Gasteiger partial charge is 0.462 e. The van der Waals surface area contributed by atoms with E-state index in [0.29, 0.717) is 11.3 Å². The molecule has 3 rings (SSSR count). The second kappa shape index (κ2) is 6.58. The zero-order chi connectivity index (χ0) is 17.1. The summed E-state index contributed by atoms with van der Waals surface area (Å²) in [5.74, 6) is 0.492. The molecule has 0 fully saturated rings. The van der Waals surface area contributed by atoms with Gasteiger partial charge in [0.2, 0.25) is 5.78 Å². The number of Topliss-reactive ketones (excluding diaryl/α,β-unsaturated/α-hetero) is 1. The van der Waals surface area contributed by atoms with Crippen LogP contribution in [0.3, 0.4) is 0 Å². The van der Waals surface area contributed by atoms with Crippen LogP contribution in [0.15, 0.2) is 46.9 Å². The van der Waals surface area contributed by atoms with Crippen LogP contribution in [0.25, 0.3) is 17.0 Å². The summed E-state index contributed by atoms with van der Waals surface area (Å²) in [6, 6.07) is 11.1. The van der Waals surface area contributed by atoms with E-state index in [1.807, 2.05) is 38.1 Å². The third-order valence-electron chi connectivity index (χ3n) is 3.66. The van der Waals surface area contributed by atoms with Crippen LogP contribution in [0.1, 0.15) is 27.6 Å². The number of aromatic nitrogens is 1. The van der Waals surface area contributed by atoms with Crippen LogP contribution in [0.4, 0.5) is 0 Å². The fraction of sp³-hybridized carbons (Fsp3) is 0.158. The molecule has 5 heteroatoms. The summed E-state index contributed by atoms with van der Waals surface area (Å²) in [4.78, 5) is 27.3. The summed E-state index contributed by atoms with van der Waals surface area (Å²) >= 11 is 0. The van der Waals surface area contributed by atoms with Gasteiger partial charge in [0.1, 0.15) is 11.5 Å². The second-order valence-corrected chi connectivity index (χ2v) is 5.48. The van der Waals surface area contributed by atoms with Crippen LogP contribution in [0.5, 0.6) is 0 Å². The van der Waals surface area contributed by atoms with Crippen molar-refractivity contribution in [3.63, 3.8) is 0 Å². The Morgan fingerprint density at radius 2 is 1.96 bits per heavy atom. The van der Waals surface area contributed by atoms with E-state index in [4.69, 9.17) is 9.15 Å². The van der Waals surface area contributed by atoms with E-state index < -0.39 is 5.97 Å². The predicted molar refractivity (Wildman–Crippen MR) is 90.8 cm³/mol. The Kier molecular flexibility index (Phi) is 4.33. The quantitative estimate of drug-likeness (QED) is 0.440. The molecule has 122 valence electrons. The van der Waals surface area contributed by atoms with Crippen molar-refractivity contribution in [2.75, 3.05) is 6.61 Å². The van der Waals surface area contributed by atoms with E-state index in [-0.39, 0.29) is 12.4 Å². The standard InChI is InChI=1S/C19H17NO4/c1-12-7-8-14(24-12)9-10-18(22)23-11-17(21)19-13(2)20-16-6-4-3-5-15(16)19/h3-10,20H,11H2,1-2H3/b10-9+. The number of nitrogens with one attached hydrogen (secondary N) is 1. The first kappa shape index (κ1) is 15.8. The molecule has 24 heavy (non-hydrogen) atoms. The van der Waals surface area contributed by atoms with E-state index in [2.05, 4.69) is 4.98 Å². The molecule has 5 nitrogen and oxygen atoms in total. The molecule has 1 aromatic carbocycles. The highest BCUT2D eigenvalue weighted by Crippen LogP contribution is 2.22. The summed E-state index contributed by atoms with van der Waals surface area (Å²) < 4.78 is 10.3. The lowest BCUT2D eigenvalue weighted by molar-refractivity contribution is -0.136. The number of carbonyl (C=O) groups excluding carboxylic acids is 2. The molecule has 2 aromatic heterocycles. The Bertz CT molecular complexity index is 930. The van der Waals surface area contributed by atoms with Crippen LogP contribution < -0.4 is 0 Å². The van der Waals surface area contributed by atoms with Gasteiger partial charge < -0.3 is 14.1 Å². The maximum Gasteiger partial charge on any atom is 0.331 e. The summed E-state index contributed by atoms with van der Waals surface area (Å²) in [5, 5.41) is 0.831. The number of aryl methyl sites for hydroxylation is 2. The number of fused-ring (bicyclic) bond motifs is 1. The molecule has 0 aliphatic heterocycles.